The van der Waals surface area contributed by atoms with E-state index in [2.05, 4.69) is 0 Å². The number of rotatable bonds is 4. The molecule has 0 aromatic rings. The molecule has 1 N–H and O–H groups in total. The summed E-state index contributed by atoms with van der Waals surface area (Å²) in [6.45, 7) is 5.75. The monoisotopic (exact) mass is 202 g/mol. The van der Waals surface area contributed by atoms with Gasteiger partial charge in [0.05, 0.1) is 0 Å². The van der Waals surface area contributed by atoms with E-state index in [9.17, 15) is 9.59 Å². The summed E-state index contributed by atoms with van der Waals surface area (Å²) in [5, 5.41) is 8.23. The predicted octanol–water partition coefficient (Wildman–Crippen LogP) is 1.40. The smallest absolute Gasteiger partial charge is 0.328 e. The molecule has 0 radical (unpaired) electrons. The van der Waals surface area contributed by atoms with Crippen molar-refractivity contribution in [3.05, 3.63) is 12.2 Å². The second kappa shape index (κ2) is 4.81. The molecule has 0 fully saturated rings. The normalized spacial score (nSPS) is 11.6. The van der Waals surface area contributed by atoms with Gasteiger partial charge in [0.1, 0.15) is 0 Å². The van der Waals surface area contributed by atoms with Crippen LogP contribution >= 0.6 is 0 Å². The van der Waals surface area contributed by atoms with E-state index in [1.165, 1.54) is 0 Å². The second-order valence-electron chi connectivity index (χ2n) is 3.21. The van der Waals surface area contributed by atoms with Crippen LogP contribution in [0.2, 0.25) is 19.1 Å². The average molecular weight is 202 g/mol. The zero-order chi connectivity index (χ0) is 10.5. The Balaban J connectivity index is 4.09. The molecule has 0 unspecified atom stereocenters. The Morgan fingerprint density at radius 1 is 1.38 bits per heavy atom. The molecule has 0 saturated carbocycles. The van der Waals surface area contributed by atoms with Crippen LogP contribution < -0.4 is 0 Å². The van der Waals surface area contributed by atoms with Crippen molar-refractivity contribution in [2.24, 2.45) is 0 Å². The Bertz CT molecular complexity index is 232. The molecular formula is C8H14O4Si. The first-order valence-corrected chi connectivity index (χ1v) is 7.13. The first-order valence-electron chi connectivity index (χ1n) is 4.01. The second-order valence-corrected chi connectivity index (χ2v) is 7.64. The maximum Gasteiger partial charge on any atom is 0.328 e. The minimum absolute atomic E-state index is 0.569. The topological polar surface area (TPSA) is 63.6 Å². The summed E-state index contributed by atoms with van der Waals surface area (Å²) in [6.07, 6.45) is 1.72. The lowest BCUT2D eigenvalue weighted by atomic mass is 10.5. The van der Waals surface area contributed by atoms with E-state index < -0.39 is 20.3 Å². The number of hydrogen-bond donors (Lipinski definition) is 1. The third kappa shape index (κ3) is 6.09. The molecule has 0 aromatic carbocycles. The van der Waals surface area contributed by atoms with Gasteiger partial charge in [0.2, 0.25) is 8.32 Å². The van der Waals surface area contributed by atoms with Crippen LogP contribution in [0.5, 0.6) is 0 Å². The van der Waals surface area contributed by atoms with Gasteiger partial charge in [-0.1, -0.05) is 6.92 Å². The fraction of sp³-hybridized carbons (Fsp3) is 0.500. The van der Waals surface area contributed by atoms with E-state index in [4.69, 9.17) is 9.53 Å². The maximum absolute atomic E-state index is 11.0. The molecule has 0 amide bonds. The summed E-state index contributed by atoms with van der Waals surface area (Å²) in [5.41, 5.74) is 0. The third-order valence-corrected chi connectivity index (χ3v) is 4.05. The van der Waals surface area contributed by atoms with Crippen LogP contribution in [0.15, 0.2) is 12.2 Å². The zero-order valence-corrected chi connectivity index (χ0v) is 9.03. The lowest BCUT2D eigenvalue weighted by Crippen LogP contribution is -2.31. The number of carboxylic acid groups (broad SMARTS) is 1. The number of hydrogen-bond acceptors (Lipinski definition) is 3. The Hall–Kier alpha value is -1.10. The molecule has 0 aliphatic carbocycles. The van der Waals surface area contributed by atoms with Gasteiger partial charge < -0.3 is 9.53 Å². The summed E-state index contributed by atoms with van der Waals surface area (Å²) in [6, 6.07) is 0.819. The summed E-state index contributed by atoms with van der Waals surface area (Å²) >= 11 is 0. The molecule has 0 rings (SSSR count). The molecule has 0 aliphatic heterocycles. The standard InChI is InChI=1S/C8H14O4Si/c1-4-13(2,3)12-8(11)6-5-7(9)10/h5-6H,4H2,1-3H3,(H,9,10). The number of aliphatic carboxylic acids is 1. The molecule has 5 heteroatoms. The molecule has 0 saturated heterocycles. The molecule has 13 heavy (non-hydrogen) atoms. The van der Waals surface area contributed by atoms with Crippen LogP contribution in [-0.2, 0) is 14.0 Å². The van der Waals surface area contributed by atoms with Crippen molar-refractivity contribution >= 4 is 20.3 Å². The van der Waals surface area contributed by atoms with E-state index >= 15 is 0 Å². The lowest BCUT2D eigenvalue weighted by molar-refractivity contribution is -0.133. The Labute approximate surface area is 78.3 Å². The van der Waals surface area contributed by atoms with Crippen molar-refractivity contribution in [2.45, 2.75) is 26.1 Å². The first-order chi connectivity index (χ1) is 5.87. The summed E-state index contributed by atoms with van der Waals surface area (Å²) in [5.74, 6) is -1.71. The average Bonchev–Trinajstić information content (AvgIpc) is 2.00. The zero-order valence-electron chi connectivity index (χ0n) is 8.03. The first kappa shape index (κ1) is 11.9. The van der Waals surface area contributed by atoms with E-state index in [1.54, 1.807) is 0 Å². The largest absolute Gasteiger partial charge is 0.517 e. The SMILES string of the molecule is CC[Si](C)(C)OC(=O)C=CC(=O)O. The van der Waals surface area contributed by atoms with E-state index in [0.717, 1.165) is 18.2 Å². The van der Waals surface area contributed by atoms with Gasteiger partial charge in [-0.25, -0.2) is 9.59 Å². The summed E-state index contributed by atoms with van der Waals surface area (Å²) in [4.78, 5) is 21.0. The van der Waals surface area contributed by atoms with Crippen LogP contribution in [0, 0.1) is 0 Å². The van der Waals surface area contributed by atoms with Crippen molar-refractivity contribution < 1.29 is 19.1 Å². The van der Waals surface area contributed by atoms with Crippen LogP contribution in [0.1, 0.15) is 6.92 Å². The van der Waals surface area contributed by atoms with Gasteiger partial charge in [0, 0.05) is 12.2 Å². The van der Waals surface area contributed by atoms with Crippen molar-refractivity contribution in [3.8, 4) is 0 Å². The van der Waals surface area contributed by atoms with Gasteiger partial charge in [-0.15, -0.1) is 0 Å². The maximum atomic E-state index is 11.0. The summed E-state index contributed by atoms with van der Waals surface area (Å²) < 4.78 is 5.09. The van der Waals surface area contributed by atoms with Gasteiger partial charge in [-0.2, -0.15) is 0 Å². The highest BCUT2D eigenvalue weighted by Crippen LogP contribution is 2.09. The Morgan fingerprint density at radius 2 is 1.92 bits per heavy atom. The molecule has 4 nitrogen and oxygen atoms in total. The molecule has 74 valence electrons. The fourth-order valence-corrected chi connectivity index (χ4v) is 1.27. The van der Waals surface area contributed by atoms with E-state index in [0.29, 0.717) is 0 Å². The highest BCUT2D eigenvalue weighted by atomic mass is 28.4. The van der Waals surface area contributed by atoms with E-state index in [-0.39, 0.29) is 0 Å². The Morgan fingerprint density at radius 3 is 2.31 bits per heavy atom. The van der Waals surface area contributed by atoms with Crippen LogP contribution in [0.4, 0.5) is 0 Å². The van der Waals surface area contributed by atoms with Gasteiger partial charge in [-0.3, -0.25) is 0 Å². The molecule has 0 bridgehead atoms. The highest BCUT2D eigenvalue weighted by Gasteiger charge is 2.23. The van der Waals surface area contributed by atoms with Crippen molar-refractivity contribution in [3.63, 3.8) is 0 Å². The molecule has 0 aliphatic rings. The minimum Gasteiger partial charge on any atom is -0.517 e. The summed E-state index contributed by atoms with van der Waals surface area (Å²) in [7, 11) is -1.91. The van der Waals surface area contributed by atoms with Crippen molar-refractivity contribution in [1.29, 1.82) is 0 Å². The third-order valence-electron chi connectivity index (χ3n) is 1.59. The molecule has 0 heterocycles. The molecular weight excluding hydrogens is 188 g/mol. The van der Waals surface area contributed by atoms with Crippen LogP contribution in [-0.4, -0.2) is 25.4 Å². The molecule has 0 aromatic heterocycles. The quantitative estimate of drug-likeness (QED) is 0.553. The fourth-order valence-electron chi connectivity index (χ4n) is 0.518. The molecule has 0 atom stereocenters. The van der Waals surface area contributed by atoms with Crippen molar-refractivity contribution in [2.75, 3.05) is 0 Å². The molecule has 0 spiro atoms. The predicted molar refractivity (Wildman–Crippen MR) is 50.8 cm³/mol. The lowest BCUT2D eigenvalue weighted by Gasteiger charge is -2.19. The minimum atomic E-state index is -1.91. The number of carbonyl (C=O) groups is 2. The van der Waals surface area contributed by atoms with Gasteiger partial charge in [0.25, 0.3) is 0 Å². The van der Waals surface area contributed by atoms with Crippen LogP contribution in [0.25, 0.3) is 0 Å². The number of carboxylic acids is 1. The Kier molecular flexibility index (Phi) is 4.40. The van der Waals surface area contributed by atoms with Crippen molar-refractivity contribution in [1.82, 2.24) is 0 Å². The van der Waals surface area contributed by atoms with E-state index in [1.807, 2.05) is 20.0 Å². The van der Waals surface area contributed by atoms with Gasteiger partial charge in [-0.05, 0) is 19.1 Å². The van der Waals surface area contributed by atoms with Crippen LogP contribution in [0.3, 0.4) is 0 Å². The highest BCUT2D eigenvalue weighted by molar-refractivity contribution is 6.72. The van der Waals surface area contributed by atoms with Gasteiger partial charge >= 0.3 is 11.9 Å². The van der Waals surface area contributed by atoms with Gasteiger partial charge in [0.15, 0.2) is 0 Å². The number of carbonyl (C=O) groups excluding carboxylic acids is 1.